The Hall–Kier alpha value is -2.17. The van der Waals surface area contributed by atoms with Crippen LogP contribution in [0.1, 0.15) is 75.4 Å². The molecule has 1 aromatic rings. The highest BCUT2D eigenvalue weighted by molar-refractivity contribution is 7.12. The topological polar surface area (TPSA) is 110 Å². The first-order valence-electron chi connectivity index (χ1n) is 13.4. The maximum absolute atomic E-state index is 13.7. The molecule has 2 atom stereocenters. The summed E-state index contributed by atoms with van der Waals surface area (Å²) in [6.07, 6.45) is 6.43. The van der Waals surface area contributed by atoms with Gasteiger partial charge >= 0.3 is 0 Å². The molecule has 0 spiro atoms. The Morgan fingerprint density at radius 2 is 1.84 bits per heavy atom. The van der Waals surface area contributed by atoms with Gasteiger partial charge in [-0.05, 0) is 42.0 Å². The lowest BCUT2D eigenvalue weighted by molar-refractivity contribution is -0.156. The summed E-state index contributed by atoms with van der Waals surface area (Å²) in [6, 6.07) is 0.873. The number of hydrogen-bond acceptors (Lipinski definition) is 6. The summed E-state index contributed by atoms with van der Waals surface area (Å²) >= 11 is 7.47. The van der Waals surface area contributed by atoms with Crippen molar-refractivity contribution in [2.45, 2.75) is 77.8 Å². The summed E-state index contributed by atoms with van der Waals surface area (Å²) < 4.78 is 0. The van der Waals surface area contributed by atoms with E-state index in [-0.39, 0.29) is 30.3 Å². The van der Waals surface area contributed by atoms with E-state index in [1.165, 1.54) is 11.3 Å². The van der Waals surface area contributed by atoms with Crippen LogP contribution in [0.15, 0.2) is 11.4 Å². The molecule has 2 fully saturated rings. The first-order chi connectivity index (χ1) is 17.9. The number of rotatable bonds is 10. The highest BCUT2D eigenvalue weighted by Crippen LogP contribution is 2.32. The lowest BCUT2D eigenvalue weighted by Crippen LogP contribution is -2.58. The fourth-order valence-electron chi connectivity index (χ4n) is 5.52. The minimum absolute atomic E-state index is 0.0654. The van der Waals surface area contributed by atoms with E-state index in [9.17, 15) is 24.4 Å². The van der Waals surface area contributed by atoms with Gasteiger partial charge in [-0.25, -0.2) is 5.06 Å². The summed E-state index contributed by atoms with van der Waals surface area (Å²) in [5.74, 6) is -0.830. The zero-order chi connectivity index (χ0) is 28.0. The van der Waals surface area contributed by atoms with E-state index in [0.717, 1.165) is 25.7 Å². The minimum Gasteiger partial charge on any atom is -0.344 e. The lowest BCUT2D eigenvalue weighted by atomic mass is 9.84. The molecule has 1 saturated heterocycles. The molecule has 0 bridgehead atoms. The zero-order valence-corrected chi connectivity index (χ0v) is 24.4. The van der Waals surface area contributed by atoms with Gasteiger partial charge in [-0.3, -0.25) is 24.4 Å². The van der Waals surface area contributed by atoms with Crippen LogP contribution in [0.5, 0.6) is 0 Å². The van der Waals surface area contributed by atoms with Crippen molar-refractivity contribution in [2.75, 3.05) is 26.7 Å². The van der Waals surface area contributed by atoms with E-state index in [2.05, 4.69) is 5.32 Å². The maximum atomic E-state index is 13.7. The third kappa shape index (κ3) is 7.70. The standard InChI is InChI=1S/C27H41ClN4O5S/c1-27(2,3)23(29-24(34)19(16-32(37)17-33)15-18-7-5-6-8-18)26(36)30(4)20-9-12-31(13-10-20)25(35)22-21(28)11-14-38-22/h11,14,17-20,23,37H,5-10,12-13,15-16H2,1-4H3,(H,29,34)/t19-,23-/m1/s1. The molecule has 0 unspecified atom stereocenters. The van der Waals surface area contributed by atoms with E-state index in [0.29, 0.717) is 59.6 Å². The highest BCUT2D eigenvalue weighted by Gasteiger charge is 2.39. The van der Waals surface area contributed by atoms with E-state index < -0.39 is 17.4 Å². The quantitative estimate of drug-likeness (QED) is 0.251. The number of carbonyl (C=O) groups excluding carboxylic acids is 4. The molecule has 1 saturated carbocycles. The fourth-order valence-corrected chi connectivity index (χ4v) is 6.62. The van der Waals surface area contributed by atoms with Crippen LogP contribution in [0, 0.1) is 17.3 Å². The molecule has 38 heavy (non-hydrogen) atoms. The smallest absolute Gasteiger partial charge is 0.265 e. The van der Waals surface area contributed by atoms with Gasteiger partial charge in [-0.1, -0.05) is 58.1 Å². The second-order valence-corrected chi connectivity index (χ2v) is 13.0. The van der Waals surface area contributed by atoms with Crippen molar-refractivity contribution in [3.8, 4) is 0 Å². The largest absolute Gasteiger partial charge is 0.344 e. The summed E-state index contributed by atoms with van der Waals surface area (Å²) in [4.78, 5) is 55.0. The number of nitrogens with zero attached hydrogens (tertiary/aromatic N) is 3. The van der Waals surface area contributed by atoms with E-state index in [1.54, 1.807) is 28.3 Å². The zero-order valence-electron chi connectivity index (χ0n) is 22.8. The molecule has 1 aromatic heterocycles. The number of nitrogens with one attached hydrogen (secondary N) is 1. The van der Waals surface area contributed by atoms with Gasteiger partial charge in [-0.2, -0.15) is 0 Å². The van der Waals surface area contributed by atoms with Crippen LogP contribution >= 0.6 is 22.9 Å². The molecule has 4 amide bonds. The van der Waals surface area contributed by atoms with Crippen molar-refractivity contribution in [3.05, 3.63) is 21.3 Å². The normalized spacial score (nSPS) is 18.6. The molecule has 2 heterocycles. The van der Waals surface area contributed by atoms with Gasteiger partial charge in [0, 0.05) is 26.2 Å². The number of likely N-dealkylation sites (tertiary alicyclic amines) is 1. The third-order valence-corrected chi connectivity index (χ3v) is 9.18. The molecule has 9 nitrogen and oxygen atoms in total. The number of hydroxylamine groups is 2. The molecule has 0 radical (unpaired) electrons. The van der Waals surface area contributed by atoms with Crippen molar-refractivity contribution in [2.24, 2.45) is 17.3 Å². The van der Waals surface area contributed by atoms with Gasteiger partial charge in [-0.15, -0.1) is 11.3 Å². The molecule has 2 N–H and O–H groups in total. The number of likely N-dealkylation sites (N-methyl/N-ethyl adjacent to an activating group) is 1. The van der Waals surface area contributed by atoms with Gasteiger partial charge in [0.05, 0.1) is 17.5 Å². The number of piperidine rings is 1. The van der Waals surface area contributed by atoms with E-state index in [1.807, 2.05) is 20.8 Å². The van der Waals surface area contributed by atoms with E-state index in [4.69, 9.17) is 11.6 Å². The Bertz CT molecular complexity index is 982. The molecule has 11 heteroatoms. The van der Waals surface area contributed by atoms with Crippen LogP contribution in [0.4, 0.5) is 0 Å². The van der Waals surface area contributed by atoms with Gasteiger partial charge in [0.15, 0.2) is 0 Å². The molecule has 1 aliphatic heterocycles. The predicted molar refractivity (Wildman–Crippen MR) is 147 cm³/mol. The van der Waals surface area contributed by atoms with Crippen molar-refractivity contribution < 1.29 is 24.4 Å². The van der Waals surface area contributed by atoms with Crippen molar-refractivity contribution in [1.82, 2.24) is 20.2 Å². The van der Waals surface area contributed by atoms with Crippen LogP contribution in [0.2, 0.25) is 5.02 Å². The van der Waals surface area contributed by atoms with Crippen LogP contribution in [-0.2, 0) is 14.4 Å². The second-order valence-electron chi connectivity index (χ2n) is 11.7. The number of hydrogen-bond donors (Lipinski definition) is 2. The summed E-state index contributed by atoms with van der Waals surface area (Å²) in [5, 5.41) is 15.6. The molecular weight excluding hydrogens is 528 g/mol. The Kier molecular flexibility index (Phi) is 10.6. The predicted octanol–water partition coefficient (Wildman–Crippen LogP) is 4.04. The van der Waals surface area contributed by atoms with Gasteiger partial charge in [0.2, 0.25) is 18.2 Å². The van der Waals surface area contributed by atoms with Crippen LogP contribution in [-0.4, -0.2) is 83.0 Å². The monoisotopic (exact) mass is 568 g/mol. The number of carbonyl (C=O) groups is 4. The number of thiophene rings is 1. The lowest BCUT2D eigenvalue weighted by Gasteiger charge is -2.40. The summed E-state index contributed by atoms with van der Waals surface area (Å²) in [5.41, 5.74) is -0.560. The van der Waals surface area contributed by atoms with Crippen molar-refractivity contribution >= 4 is 47.1 Å². The molecule has 1 aliphatic carbocycles. The highest BCUT2D eigenvalue weighted by atomic mass is 35.5. The average Bonchev–Trinajstić information content (AvgIpc) is 3.56. The molecule has 3 rings (SSSR count). The Labute approximate surface area is 234 Å². The fraction of sp³-hybridized carbons (Fsp3) is 0.704. The molecule has 2 aliphatic rings. The second kappa shape index (κ2) is 13.3. The molecule has 212 valence electrons. The first kappa shape index (κ1) is 30.4. The minimum atomic E-state index is -0.779. The number of amides is 4. The molecule has 0 aromatic carbocycles. The van der Waals surface area contributed by atoms with Crippen LogP contribution in [0.25, 0.3) is 0 Å². The van der Waals surface area contributed by atoms with Crippen LogP contribution in [0.3, 0.4) is 0 Å². The Morgan fingerprint density at radius 3 is 2.37 bits per heavy atom. The third-order valence-electron chi connectivity index (χ3n) is 7.85. The van der Waals surface area contributed by atoms with Gasteiger partial charge in [0.1, 0.15) is 10.9 Å². The summed E-state index contributed by atoms with van der Waals surface area (Å²) in [6.45, 7) is 6.66. The van der Waals surface area contributed by atoms with Crippen molar-refractivity contribution in [3.63, 3.8) is 0 Å². The summed E-state index contributed by atoms with van der Waals surface area (Å²) in [7, 11) is 1.75. The number of halogens is 1. The van der Waals surface area contributed by atoms with Gasteiger partial charge < -0.3 is 15.1 Å². The average molecular weight is 569 g/mol. The SMILES string of the molecule is CN(C(=O)[C@@H](NC(=O)[C@H](CC1CCCC1)CN(O)C=O)C(C)(C)C)C1CCN(C(=O)c2sccc2Cl)CC1. The molecular formula is C27H41ClN4O5S. The van der Waals surface area contributed by atoms with E-state index >= 15 is 0 Å². The van der Waals surface area contributed by atoms with Crippen molar-refractivity contribution in [1.29, 1.82) is 0 Å². The van der Waals surface area contributed by atoms with Gasteiger partial charge in [0.25, 0.3) is 5.91 Å². The Balaban J connectivity index is 1.65. The van der Waals surface area contributed by atoms with Crippen LogP contribution < -0.4 is 5.32 Å². The maximum Gasteiger partial charge on any atom is 0.265 e. The Morgan fingerprint density at radius 1 is 1.21 bits per heavy atom. The first-order valence-corrected chi connectivity index (χ1v) is 14.7.